The van der Waals surface area contributed by atoms with E-state index < -0.39 is 0 Å². The third-order valence-corrected chi connectivity index (χ3v) is 3.25. The van der Waals surface area contributed by atoms with Crippen LogP contribution in [-0.2, 0) is 6.54 Å². The van der Waals surface area contributed by atoms with Crippen LogP contribution in [0.3, 0.4) is 0 Å². The molecule has 2 aromatic rings. The third kappa shape index (κ3) is 2.16. The van der Waals surface area contributed by atoms with Crippen LogP contribution in [0.15, 0.2) is 27.3 Å². The van der Waals surface area contributed by atoms with Gasteiger partial charge >= 0.3 is 0 Å². The first-order valence-corrected chi connectivity index (χ1v) is 6.08. The van der Waals surface area contributed by atoms with Gasteiger partial charge in [0.15, 0.2) is 11.6 Å². The molecule has 1 aliphatic rings. The van der Waals surface area contributed by atoms with Gasteiger partial charge in [0.25, 0.3) is 5.89 Å². The Kier molecular flexibility index (Phi) is 3.12. The minimum atomic E-state index is 0.183. The lowest BCUT2D eigenvalue weighted by Gasteiger charge is -2.20. The maximum absolute atomic E-state index is 9.25. The molecule has 6 heteroatoms. The van der Waals surface area contributed by atoms with Gasteiger partial charge in [0.05, 0.1) is 19.4 Å². The van der Waals surface area contributed by atoms with E-state index in [1.165, 1.54) is 0 Å². The average Bonchev–Trinajstić information content (AvgIpc) is 3.10. The summed E-state index contributed by atoms with van der Waals surface area (Å²) in [5.74, 6) is 1.60. The lowest BCUT2D eigenvalue weighted by molar-refractivity contribution is 0.150. The van der Waals surface area contributed by atoms with Crippen LogP contribution in [0.2, 0.25) is 0 Å². The zero-order valence-electron chi connectivity index (χ0n) is 9.95. The van der Waals surface area contributed by atoms with Crippen molar-refractivity contribution in [1.29, 1.82) is 0 Å². The smallest absolute Gasteiger partial charge is 0.293 e. The van der Waals surface area contributed by atoms with Gasteiger partial charge in [-0.25, -0.2) is 0 Å². The highest BCUT2D eigenvalue weighted by molar-refractivity contribution is 5.42. The third-order valence-electron chi connectivity index (χ3n) is 3.25. The Bertz CT molecular complexity index is 494. The predicted molar refractivity (Wildman–Crippen MR) is 62.5 cm³/mol. The van der Waals surface area contributed by atoms with E-state index in [-0.39, 0.29) is 12.6 Å². The fourth-order valence-electron chi connectivity index (χ4n) is 2.31. The van der Waals surface area contributed by atoms with Gasteiger partial charge in [-0.15, -0.1) is 0 Å². The van der Waals surface area contributed by atoms with E-state index in [0.717, 1.165) is 19.4 Å². The standard InChI is InChI=1S/C12H15N3O3/c16-8-9-3-1-5-15(9)7-11-13-12(18-14-11)10-4-2-6-17-10/h2,4,6,9,16H,1,3,5,7-8H2/t9-/m0/s1. The molecule has 3 rings (SSSR count). The molecule has 1 aliphatic heterocycles. The second kappa shape index (κ2) is 4.91. The van der Waals surface area contributed by atoms with E-state index in [1.807, 2.05) is 0 Å². The van der Waals surface area contributed by atoms with Crippen molar-refractivity contribution in [3.05, 3.63) is 24.2 Å². The zero-order chi connectivity index (χ0) is 12.4. The summed E-state index contributed by atoms with van der Waals surface area (Å²) in [6.45, 7) is 1.76. The van der Waals surface area contributed by atoms with Crippen molar-refractivity contribution in [1.82, 2.24) is 15.0 Å². The van der Waals surface area contributed by atoms with Crippen molar-refractivity contribution in [2.75, 3.05) is 13.2 Å². The molecule has 0 aliphatic carbocycles. The fourth-order valence-corrected chi connectivity index (χ4v) is 2.31. The number of rotatable bonds is 4. The molecule has 18 heavy (non-hydrogen) atoms. The van der Waals surface area contributed by atoms with Crippen molar-refractivity contribution < 1.29 is 14.0 Å². The van der Waals surface area contributed by atoms with E-state index in [0.29, 0.717) is 24.0 Å². The summed E-state index contributed by atoms with van der Waals surface area (Å²) < 4.78 is 10.3. The first-order valence-electron chi connectivity index (χ1n) is 6.08. The van der Waals surface area contributed by atoms with Gasteiger partial charge in [0.2, 0.25) is 0 Å². The van der Waals surface area contributed by atoms with Crippen LogP contribution < -0.4 is 0 Å². The molecular weight excluding hydrogens is 234 g/mol. The summed E-state index contributed by atoms with van der Waals surface area (Å²) in [5.41, 5.74) is 0. The van der Waals surface area contributed by atoms with Gasteiger partial charge < -0.3 is 14.0 Å². The molecule has 0 unspecified atom stereocenters. The maximum Gasteiger partial charge on any atom is 0.293 e. The second-order valence-corrected chi connectivity index (χ2v) is 4.44. The Morgan fingerprint density at radius 3 is 3.22 bits per heavy atom. The molecule has 6 nitrogen and oxygen atoms in total. The summed E-state index contributed by atoms with van der Waals surface area (Å²) >= 11 is 0. The van der Waals surface area contributed by atoms with Gasteiger partial charge in [-0.2, -0.15) is 4.98 Å². The molecule has 1 saturated heterocycles. The summed E-state index contributed by atoms with van der Waals surface area (Å²) in [7, 11) is 0. The number of furan rings is 1. The molecule has 0 aromatic carbocycles. The van der Waals surface area contributed by atoms with E-state index in [2.05, 4.69) is 15.0 Å². The highest BCUT2D eigenvalue weighted by Gasteiger charge is 2.25. The highest BCUT2D eigenvalue weighted by atomic mass is 16.5. The van der Waals surface area contributed by atoms with Gasteiger partial charge in [0.1, 0.15) is 0 Å². The second-order valence-electron chi connectivity index (χ2n) is 4.44. The summed E-state index contributed by atoms with van der Waals surface area (Å²) in [6.07, 6.45) is 3.70. The number of nitrogens with zero attached hydrogens (tertiary/aromatic N) is 3. The number of hydrogen-bond donors (Lipinski definition) is 1. The molecule has 3 heterocycles. The normalized spacial score (nSPS) is 20.6. The lowest BCUT2D eigenvalue weighted by Crippen LogP contribution is -2.31. The van der Waals surface area contributed by atoms with E-state index in [9.17, 15) is 5.11 Å². The van der Waals surface area contributed by atoms with Gasteiger partial charge in [-0.3, -0.25) is 4.90 Å². The quantitative estimate of drug-likeness (QED) is 0.879. The SMILES string of the molecule is OC[C@@H]1CCCN1Cc1noc(-c2ccco2)n1. The van der Waals surface area contributed by atoms with E-state index in [1.54, 1.807) is 18.4 Å². The molecule has 0 amide bonds. The fraction of sp³-hybridized carbons (Fsp3) is 0.500. The highest BCUT2D eigenvalue weighted by Crippen LogP contribution is 2.21. The van der Waals surface area contributed by atoms with E-state index >= 15 is 0 Å². The van der Waals surface area contributed by atoms with Gasteiger partial charge in [-0.1, -0.05) is 5.16 Å². The number of hydrogen-bond acceptors (Lipinski definition) is 6. The Hall–Kier alpha value is -1.66. The summed E-state index contributed by atoms with van der Waals surface area (Å²) in [5, 5.41) is 13.2. The summed E-state index contributed by atoms with van der Waals surface area (Å²) in [4.78, 5) is 6.47. The number of likely N-dealkylation sites (tertiary alicyclic amines) is 1. The molecule has 0 radical (unpaired) electrons. The van der Waals surface area contributed by atoms with Gasteiger partial charge in [0, 0.05) is 6.04 Å². The molecule has 0 bridgehead atoms. The molecule has 2 aromatic heterocycles. The number of aliphatic hydroxyl groups is 1. The van der Waals surface area contributed by atoms with Crippen molar-refractivity contribution in [2.45, 2.75) is 25.4 Å². The van der Waals surface area contributed by atoms with Crippen LogP contribution in [0, 0.1) is 0 Å². The maximum atomic E-state index is 9.25. The molecule has 1 fully saturated rings. The summed E-state index contributed by atoms with van der Waals surface area (Å²) in [6, 6.07) is 3.78. The number of aromatic nitrogens is 2. The average molecular weight is 249 g/mol. The van der Waals surface area contributed by atoms with Crippen molar-refractivity contribution in [3.8, 4) is 11.7 Å². The topological polar surface area (TPSA) is 75.5 Å². The van der Waals surface area contributed by atoms with Crippen LogP contribution in [0.1, 0.15) is 18.7 Å². The monoisotopic (exact) mass is 249 g/mol. The van der Waals surface area contributed by atoms with Crippen molar-refractivity contribution in [2.24, 2.45) is 0 Å². The van der Waals surface area contributed by atoms with Crippen LogP contribution in [0.4, 0.5) is 0 Å². The Morgan fingerprint density at radius 2 is 2.44 bits per heavy atom. The van der Waals surface area contributed by atoms with Crippen LogP contribution in [0.5, 0.6) is 0 Å². The van der Waals surface area contributed by atoms with Crippen LogP contribution in [-0.4, -0.2) is 39.3 Å². The largest absolute Gasteiger partial charge is 0.459 e. The molecule has 0 spiro atoms. The first kappa shape index (κ1) is 11.4. The van der Waals surface area contributed by atoms with Gasteiger partial charge in [-0.05, 0) is 31.5 Å². The lowest BCUT2D eigenvalue weighted by atomic mass is 10.2. The van der Waals surface area contributed by atoms with Crippen LogP contribution >= 0.6 is 0 Å². The molecule has 0 saturated carbocycles. The number of aliphatic hydroxyl groups excluding tert-OH is 1. The molecule has 1 atom stereocenters. The Morgan fingerprint density at radius 1 is 1.50 bits per heavy atom. The van der Waals surface area contributed by atoms with E-state index in [4.69, 9.17) is 8.94 Å². The molecular formula is C12H15N3O3. The predicted octanol–water partition coefficient (Wildman–Crippen LogP) is 1.29. The first-order chi connectivity index (χ1) is 8.86. The Balaban J connectivity index is 1.70. The van der Waals surface area contributed by atoms with Crippen molar-refractivity contribution >= 4 is 0 Å². The Labute approximate surface area is 104 Å². The van der Waals surface area contributed by atoms with Crippen LogP contribution in [0.25, 0.3) is 11.7 Å². The minimum Gasteiger partial charge on any atom is -0.459 e. The minimum absolute atomic E-state index is 0.183. The van der Waals surface area contributed by atoms with Crippen molar-refractivity contribution in [3.63, 3.8) is 0 Å². The zero-order valence-corrected chi connectivity index (χ0v) is 9.95. The molecule has 1 N–H and O–H groups in total. The molecule has 96 valence electrons.